The van der Waals surface area contributed by atoms with Gasteiger partial charge in [0.2, 0.25) is 10.9 Å². The number of sulfonamides is 1. The third-order valence-electron chi connectivity index (χ3n) is 3.79. The Morgan fingerprint density at radius 3 is 2.76 bits per heavy atom. The summed E-state index contributed by atoms with van der Waals surface area (Å²) in [4.78, 5) is 0. The highest BCUT2D eigenvalue weighted by atomic mass is 32.2. The summed E-state index contributed by atoms with van der Waals surface area (Å²) in [5.74, 6) is -1.17. The number of hydrogen-bond donors (Lipinski definition) is 1. The van der Waals surface area contributed by atoms with Gasteiger partial charge in [-0.2, -0.15) is 17.9 Å². The van der Waals surface area contributed by atoms with Crippen LogP contribution in [-0.4, -0.2) is 42.1 Å². The van der Waals surface area contributed by atoms with E-state index >= 15 is 0 Å². The van der Waals surface area contributed by atoms with E-state index in [1.165, 1.54) is 19.5 Å². The minimum Gasteiger partial charge on any atom is -0.441 e. The molecule has 3 heterocycles. The molecule has 1 atom stereocenters. The summed E-state index contributed by atoms with van der Waals surface area (Å²) in [6, 6.07) is 2.13. The quantitative estimate of drug-likeness (QED) is 0.571. The van der Waals surface area contributed by atoms with Crippen LogP contribution in [0.2, 0.25) is 0 Å². The van der Waals surface area contributed by atoms with Crippen molar-refractivity contribution in [3.63, 3.8) is 0 Å². The Bertz CT molecular complexity index is 1070. The first-order valence-corrected chi connectivity index (χ1v) is 9.63. The van der Waals surface area contributed by atoms with E-state index in [0.29, 0.717) is 25.0 Å². The monoisotopic (exact) mass is 435 g/mol. The van der Waals surface area contributed by atoms with Crippen molar-refractivity contribution in [3.05, 3.63) is 36.1 Å². The van der Waals surface area contributed by atoms with Gasteiger partial charge in [-0.3, -0.25) is 0 Å². The molecule has 0 saturated carbocycles. The maximum Gasteiger partial charge on any atom is 0.452 e. The standard InChI is InChI=1S/C15H16F3N5O5S/c1-9(14-20-19-8-23(14)5-6-26-2)22-29(24,25)13-4-3-11(27-13)10-7-12(28-21-10)15(16,17)18/h3-4,7-9,22H,5-6H2,1-2H3/t9-/m0/s1. The number of halogens is 3. The molecule has 0 fully saturated rings. The number of nitrogens with one attached hydrogen (secondary N) is 1. The molecule has 0 aromatic carbocycles. The Kier molecular flexibility index (Phi) is 5.77. The normalized spacial score (nSPS) is 13.7. The lowest BCUT2D eigenvalue weighted by Gasteiger charge is -2.13. The van der Waals surface area contributed by atoms with Crippen LogP contribution in [0.5, 0.6) is 0 Å². The van der Waals surface area contributed by atoms with Crippen LogP contribution in [0.4, 0.5) is 13.2 Å². The van der Waals surface area contributed by atoms with E-state index in [9.17, 15) is 21.6 Å². The SMILES string of the molecule is COCCn1cnnc1[C@H](C)NS(=O)(=O)c1ccc(-c2cc(C(F)(F)F)on2)o1. The summed E-state index contributed by atoms with van der Waals surface area (Å²) in [7, 11) is -2.62. The molecule has 10 nitrogen and oxygen atoms in total. The number of methoxy groups -OCH3 is 1. The molecular formula is C15H16F3N5O5S. The third kappa shape index (κ3) is 4.65. The Morgan fingerprint density at radius 1 is 1.34 bits per heavy atom. The number of rotatable bonds is 8. The second kappa shape index (κ2) is 7.96. The summed E-state index contributed by atoms with van der Waals surface area (Å²) in [5, 5.41) is 10.4. The molecule has 0 spiro atoms. The van der Waals surface area contributed by atoms with Crippen molar-refractivity contribution < 1.29 is 35.3 Å². The van der Waals surface area contributed by atoms with Gasteiger partial charge in [-0.1, -0.05) is 5.16 Å². The fourth-order valence-corrected chi connectivity index (χ4v) is 3.57. The van der Waals surface area contributed by atoms with Crippen molar-refractivity contribution in [2.24, 2.45) is 0 Å². The molecule has 3 rings (SSSR count). The lowest BCUT2D eigenvalue weighted by Crippen LogP contribution is -2.29. The van der Waals surface area contributed by atoms with Gasteiger partial charge in [0.25, 0.3) is 10.0 Å². The van der Waals surface area contributed by atoms with Gasteiger partial charge < -0.3 is 18.2 Å². The van der Waals surface area contributed by atoms with Crippen molar-refractivity contribution in [1.82, 2.24) is 24.6 Å². The van der Waals surface area contributed by atoms with Crippen LogP contribution in [0.15, 0.2) is 38.6 Å². The van der Waals surface area contributed by atoms with Gasteiger partial charge in [0, 0.05) is 19.7 Å². The molecule has 158 valence electrons. The molecule has 0 radical (unpaired) electrons. The highest BCUT2D eigenvalue weighted by Crippen LogP contribution is 2.33. The van der Waals surface area contributed by atoms with Crippen molar-refractivity contribution in [3.8, 4) is 11.5 Å². The van der Waals surface area contributed by atoms with Crippen molar-refractivity contribution in [2.45, 2.75) is 30.8 Å². The molecule has 1 N–H and O–H groups in total. The molecule has 0 amide bonds. The third-order valence-corrected chi connectivity index (χ3v) is 5.20. The maximum absolute atomic E-state index is 12.6. The van der Waals surface area contributed by atoms with E-state index in [4.69, 9.17) is 9.15 Å². The molecule has 3 aromatic heterocycles. The van der Waals surface area contributed by atoms with Crippen molar-refractivity contribution >= 4 is 10.0 Å². The van der Waals surface area contributed by atoms with E-state index < -0.39 is 33.1 Å². The van der Waals surface area contributed by atoms with Crippen LogP contribution < -0.4 is 4.72 Å². The topological polar surface area (TPSA) is 125 Å². The summed E-state index contributed by atoms with van der Waals surface area (Å²) in [6.45, 7) is 2.36. The number of nitrogens with zero attached hydrogens (tertiary/aromatic N) is 4. The number of aromatic nitrogens is 4. The number of ether oxygens (including phenoxy) is 1. The van der Waals surface area contributed by atoms with E-state index in [-0.39, 0.29) is 11.5 Å². The van der Waals surface area contributed by atoms with Gasteiger partial charge in [-0.15, -0.1) is 10.2 Å². The zero-order chi connectivity index (χ0) is 21.2. The largest absolute Gasteiger partial charge is 0.452 e. The Labute approximate surface area is 162 Å². The smallest absolute Gasteiger partial charge is 0.441 e. The first kappa shape index (κ1) is 21.0. The Hall–Kier alpha value is -2.71. The minimum atomic E-state index is -4.72. The predicted octanol–water partition coefficient (Wildman–Crippen LogP) is 2.23. The van der Waals surface area contributed by atoms with Crippen LogP contribution in [0, 0.1) is 0 Å². The number of furan rings is 1. The van der Waals surface area contributed by atoms with Crippen molar-refractivity contribution in [2.75, 3.05) is 13.7 Å². The summed E-state index contributed by atoms with van der Waals surface area (Å²) in [6.07, 6.45) is -3.28. The zero-order valence-corrected chi connectivity index (χ0v) is 16.0. The highest BCUT2D eigenvalue weighted by molar-refractivity contribution is 7.89. The summed E-state index contributed by atoms with van der Waals surface area (Å²) in [5.41, 5.74) is -0.286. The minimum absolute atomic E-state index is 0.194. The molecule has 0 aliphatic rings. The van der Waals surface area contributed by atoms with Crippen LogP contribution >= 0.6 is 0 Å². The fourth-order valence-electron chi connectivity index (χ4n) is 2.43. The average Bonchev–Trinajstić information content (AvgIpc) is 3.38. The van der Waals surface area contributed by atoms with Crippen molar-refractivity contribution in [1.29, 1.82) is 0 Å². The predicted molar refractivity (Wildman–Crippen MR) is 89.8 cm³/mol. The molecule has 0 saturated heterocycles. The fraction of sp³-hybridized carbons (Fsp3) is 0.400. The maximum atomic E-state index is 12.6. The van der Waals surface area contributed by atoms with Gasteiger partial charge >= 0.3 is 6.18 Å². The number of alkyl halides is 3. The second-order valence-corrected chi connectivity index (χ2v) is 7.56. The molecule has 29 heavy (non-hydrogen) atoms. The molecular weight excluding hydrogens is 419 g/mol. The zero-order valence-electron chi connectivity index (χ0n) is 15.2. The van der Waals surface area contributed by atoms with Gasteiger partial charge in [0.1, 0.15) is 12.0 Å². The Morgan fingerprint density at radius 2 is 2.10 bits per heavy atom. The van der Waals surface area contributed by atoms with Gasteiger partial charge in [0.15, 0.2) is 11.6 Å². The highest BCUT2D eigenvalue weighted by Gasteiger charge is 2.36. The van der Waals surface area contributed by atoms with Gasteiger partial charge in [-0.25, -0.2) is 8.42 Å². The number of hydrogen-bond acceptors (Lipinski definition) is 8. The van der Waals surface area contributed by atoms with Gasteiger partial charge in [-0.05, 0) is 19.1 Å². The van der Waals surface area contributed by atoms with Crippen LogP contribution in [0.1, 0.15) is 24.6 Å². The molecule has 0 unspecified atom stereocenters. The van der Waals surface area contributed by atoms with Crippen LogP contribution in [-0.2, 0) is 27.5 Å². The molecule has 0 aliphatic carbocycles. The van der Waals surface area contributed by atoms with Crippen LogP contribution in [0.25, 0.3) is 11.5 Å². The second-order valence-electron chi connectivity index (χ2n) is 5.91. The van der Waals surface area contributed by atoms with Gasteiger partial charge in [0.05, 0.1) is 12.6 Å². The molecule has 0 aliphatic heterocycles. The van der Waals surface area contributed by atoms with E-state index in [1.54, 1.807) is 11.5 Å². The summed E-state index contributed by atoms with van der Waals surface area (Å²) >= 11 is 0. The molecule has 3 aromatic rings. The van der Waals surface area contributed by atoms with E-state index in [1.807, 2.05) is 0 Å². The first-order chi connectivity index (χ1) is 13.6. The summed E-state index contributed by atoms with van der Waals surface area (Å²) < 4.78 is 81.3. The van der Waals surface area contributed by atoms with E-state index in [2.05, 4.69) is 24.6 Å². The average molecular weight is 435 g/mol. The lowest BCUT2D eigenvalue weighted by molar-refractivity contribution is -0.155. The lowest BCUT2D eigenvalue weighted by atomic mass is 10.3. The first-order valence-electron chi connectivity index (χ1n) is 8.15. The Balaban J connectivity index is 1.77. The van der Waals surface area contributed by atoms with E-state index in [0.717, 1.165) is 6.07 Å². The molecule has 0 bridgehead atoms. The van der Waals surface area contributed by atoms with Crippen LogP contribution in [0.3, 0.4) is 0 Å². The molecule has 14 heteroatoms.